The molecule has 2 nitrogen and oxygen atoms in total. The maximum absolute atomic E-state index is 5.19. The van der Waals surface area contributed by atoms with E-state index < -0.39 is 0 Å². The third-order valence-electron chi connectivity index (χ3n) is 4.39. The van der Waals surface area contributed by atoms with Crippen LogP contribution in [-0.4, -0.2) is 14.2 Å². The zero-order valence-electron chi connectivity index (χ0n) is 20.3. The normalized spacial score (nSPS) is 10.8. The quantitative estimate of drug-likeness (QED) is 0.241. The molecule has 0 N–H and O–H groups in total. The number of hydrogen-bond acceptors (Lipinski definition) is 2. The molecule has 32 heavy (non-hydrogen) atoms. The number of hydrogen-bond donors (Lipinski definition) is 0. The number of aryl methyl sites for hydroxylation is 1. The molecule has 185 valence electrons. The van der Waals surface area contributed by atoms with Crippen LogP contribution in [0.25, 0.3) is 0 Å². The molecule has 0 unspecified atom stereocenters. The van der Waals surface area contributed by atoms with Crippen LogP contribution in [0.5, 0.6) is 0 Å². The van der Waals surface area contributed by atoms with Gasteiger partial charge in [0.25, 0.3) is 0 Å². The van der Waals surface area contributed by atoms with Gasteiger partial charge in [0.05, 0.1) is 0 Å². The molecule has 2 aromatic rings. The molecule has 0 aliphatic carbocycles. The zero-order valence-corrected chi connectivity index (χ0v) is 32.5. The van der Waals surface area contributed by atoms with Gasteiger partial charge < -0.3 is 9.47 Å². The Morgan fingerprint density at radius 3 is 1.25 bits per heavy atom. The molecule has 0 saturated carbocycles. The number of rotatable bonds is 3. The molecule has 0 bridgehead atoms. The van der Waals surface area contributed by atoms with Crippen LogP contribution in [0.2, 0.25) is 0 Å². The van der Waals surface area contributed by atoms with Crippen molar-refractivity contribution in [2.24, 2.45) is 0 Å². The van der Waals surface area contributed by atoms with Crippen molar-refractivity contribution >= 4 is 77.2 Å². The van der Waals surface area contributed by atoms with E-state index in [4.69, 9.17) is 9.47 Å². The van der Waals surface area contributed by atoms with Crippen LogP contribution < -0.4 is 13.3 Å². The second-order valence-electron chi connectivity index (χ2n) is 8.91. The molecule has 0 amide bonds. The standard InChI is InChI=1S/C13H20O2.C11H16.I3.2HI.V/c1-13(2,3)11-8-6-10(7-9-11)12(14-4)15-5;1-9-5-7-10(8-6-9)11(2,3)4;1-3-2;;;/h6-9,12H,1-5H3;5-8H,1-4H3;;2*1H;/q;;-1;;;+2/p-2. The molecule has 0 saturated heterocycles. The number of methoxy groups -OCH3 is 2. The summed E-state index contributed by atoms with van der Waals surface area (Å²) in [4.78, 5) is 0. The summed E-state index contributed by atoms with van der Waals surface area (Å²) in [6, 6.07) is 17.1. The summed E-state index contributed by atoms with van der Waals surface area (Å²) in [6.07, 6.45) is -0.265. The molecule has 2 rings (SSSR count). The number of ether oxygens (including phenoxy) is 2. The van der Waals surface area contributed by atoms with Crippen molar-refractivity contribution in [2.45, 2.75) is 65.6 Å². The predicted molar refractivity (Wildman–Crippen MR) is 168 cm³/mol. The first-order chi connectivity index (χ1) is 14.8. The van der Waals surface area contributed by atoms with Crippen LogP contribution in [0.1, 0.15) is 70.1 Å². The fraction of sp³-hybridized carbons (Fsp3) is 0.500. The van der Waals surface area contributed by atoms with E-state index in [1.54, 1.807) is 14.2 Å². The third-order valence-corrected chi connectivity index (χ3v) is 4.39. The van der Waals surface area contributed by atoms with Gasteiger partial charge in [-0.05, 0) is 28.9 Å². The maximum atomic E-state index is 5.19. The molecule has 0 aliphatic heterocycles. The Bertz CT molecular complexity index is 690. The van der Waals surface area contributed by atoms with Gasteiger partial charge >= 0.3 is 99.9 Å². The minimum absolute atomic E-state index is 0.189. The summed E-state index contributed by atoms with van der Waals surface area (Å²) in [5.74, 6) is 0. The van der Waals surface area contributed by atoms with E-state index in [1.807, 2.05) is 0 Å². The Balaban J connectivity index is 0. The average Bonchev–Trinajstić information content (AvgIpc) is 2.70. The Morgan fingerprint density at radius 2 is 1.00 bits per heavy atom. The Hall–Kier alpha value is 2.59. The fourth-order valence-electron chi connectivity index (χ4n) is 2.56. The number of halogens is 5. The molecule has 0 radical (unpaired) electrons. The molecule has 0 heterocycles. The van der Waals surface area contributed by atoms with E-state index in [-0.39, 0.29) is 17.1 Å². The summed E-state index contributed by atoms with van der Waals surface area (Å²) in [6.45, 7) is 15.4. The fourth-order valence-corrected chi connectivity index (χ4v) is 2.56. The van der Waals surface area contributed by atoms with Crippen molar-refractivity contribution in [1.82, 2.24) is 0 Å². The molecule has 0 atom stereocenters. The van der Waals surface area contributed by atoms with Crippen molar-refractivity contribution in [3.63, 3.8) is 0 Å². The van der Waals surface area contributed by atoms with E-state index in [0.717, 1.165) is 5.56 Å². The minimum atomic E-state index is -0.265. The first-order valence-corrected chi connectivity index (χ1v) is 31.4. The molecule has 0 aromatic heterocycles. The van der Waals surface area contributed by atoms with Crippen LogP contribution in [-0.2, 0) is 29.8 Å². The summed E-state index contributed by atoms with van der Waals surface area (Å²) in [7, 11) is 3.92. The van der Waals surface area contributed by atoms with Crippen molar-refractivity contribution < 1.29 is 32.2 Å². The van der Waals surface area contributed by atoms with Crippen LogP contribution in [0.15, 0.2) is 48.5 Å². The van der Waals surface area contributed by atoms with Gasteiger partial charge in [-0.15, -0.1) is 0 Å². The van der Waals surface area contributed by atoms with Gasteiger partial charge in [-0.2, -0.15) is 0 Å². The van der Waals surface area contributed by atoms with Gasteiger partial charge in [-0.3, -0.25) is 0 Å². The van der Waals surface area contributed by atoms with Crippen LogP contribution in [0.3, 0.4) is 0 Å². The second-order valence-corrected chi connectivity index (χ2v) is 36.9. The Morgan fingerprint density at radius 1 is 0.719 bits per heavy atom. The summed E-state index contributed by atoms with van der Waals surface area (Å²) in [5.41, 5.74) is 5.58. The van der Waals surface area contributed by atoms with E-state index in [2.05, 4.69) is 174 Å². The predicted octanol–water partition coefficient (Wildman–Crippen LogP) is 7.11. The van der Waals surface area contributed by atoms with E-state index in [1.165, 1.54) is 16.7 Å². The molecular formula is C24H36I5O2V-. The van der Waals surface area contributed by atoms with Gasteiger partial charge in [-0.25, -0.2) is 0 Å². The first kappa shape index (κ1) is 36.7. The van der Waals surface area contributed by atoms with Gasteiger partial charge in [0.15, 0.2) is 6.29 Å². The van der Waals surface area contributed by atoms with Gasteiger partial charge in [0.1, 0.15) is 0 Å². The molecule has 0 fully saturated rings. The first-order valence-electron chi connectivity index (χ1n) is 9.84. The Kier molecular flexibility index (Phi) is 23.7. The topological polar surface area (TPSA) is 18.5 Å². The molecule has 2 aromatic carbocycles. The van der Waals surface area contributed by atoms with Crippen molar-refractivity contribution in [2.75, 3.05) is 14.2 Å². The summed E-state index contributed by atoms with van der Waals surface area (Å²) >= 11 is 10.0. The zero-order chi connectivity index (χ0) is 25.4. The molecular weight excluding hydrogens is 1010 g/mol. The van der Waals surface area contributed by atoms with Crippen molar-refractivity contribution in [3.8, 4) is 0 Å². The van der Waals surface area contributed by atoms with E-state index in [0.29, 0.717) is 22.7 Å². The van der Waals surface area contributed by atoms with E-state index in [9.17, 15) is 0 Å². The summed E-state index contributed by atoms with van der Waals surface area (Å²) < 4.78 is 10.4. The molecule has 8 heteroatoms. The van der Waals surface area contributed by atoms with Gasteiger partial charge in [-0.1, -0.05) is 95.6 Å². The summed E-state index contributed by atoms with van der Waals surface area (Å²) in [5, 5.41) is 0. The second kappa shape index (κ2) is 20.6. The van der Waals surface area contributed by atoms with Crippen LogP contribution >= 0.6 is 77.2 Å². The van der Waals surface area contributed by atoms with Gasteiger partial charge in [0.2, 0.25) is 0 Å². The average molecular weight is 1040 g/mol. The third kappa shape index (κ3) is 17.9. The number of benzene rings is 2. The van der Waals surface area contributed by atoms with E-state index >= 15 is 0 Å². The molecule has 0 spiro atoms. The van der Waals surface area contributed by atoms with Gasteiger partial charge in [0, 0.05) is 19.8 Å². The molecule has 0 aliphatic rings. The monoisotopic (exact) mass is 1040 g/mol. The Labute approximate surface area is 255 Å². The SMILES string of the molecule is COC(OC)c1ccc(C(C)(C)C)cc1.Cc1ccc(C(C)(C)C)cc1.I[I-]I.[I][V][I]. The van der Waals surface area contributed by atoms with Crippen LogP contribution in [0, 0.1) is 6.92 Å². The van der Waals surface area contributed by atoms with Crippen LogP contribution in [0.4, 0.5) is 0 Å². The van der Waals surface area contributed by atoms with Crippen molar-refractivity contribution in [1.29, 1.82) is 0 Å². The van der Waals surface area contributed by atoms with Crippen molar-refractivity contribution in [3.05, 3.63) is 70.8 Å².